The number of carbonyl (C=O) groups excluding carboxylic acids is 1. The van der Waals surface area contributed by atoms with Crippen LogP contribution in [0.1, 0.15) is 46.8 Å². The van der Waals surface area contributed by atoms with Crippen molar-refractivity contribution in [2.75, 3.05) is 6.54 Å². The zero-order chi connectivity index (χ0) is 21.0. The van der Waals surface area contributed by atoms with E-state index in [9.17, 15) is 14.7 Å². The molecule has 0 bridgehead atoms. The van der Waals surface area contributed by atoms with Gasteiger partial charge >= 0.3 is 5.97 Å². The number of carboxylic acid groups (broad SMARTS) is 1. The first-order valence-corrected chi connectivity index (χ1v) is 10.8. The Hall–Kier alpha value is -3.06. The Morgan fingerprint density at radius 1 is 1.07 bits per heavy atom. The molecule has 1 amide bonds. The highest BCUT2D eigenvalue weighted by Gasteiger charge is 2.43. The van der Waals surface area contributed by atoms with Crippen LogP contribution >= 0.6 is 11.5 Å². The third-order valence-electron chi connectivity index (χ3n) is 5.94. The third kappa shape index (κ3) is 4.26. The molecule has 2 atom stereocenters. The van der Waals surface area contributed by atoms with Crippen molar-refractivity contribution in [1.82, 2.24) is 14.7 Å². The normalized spacial score (nSPS) is 21.1. The summed E-state index contributed by atoms with van der Waals surface area (Å²) >= 11 is 1.11. The van der Waals surface area contributed by atoms with Crippen molar-refractivity contribution in [3.8, 4) is 11.1 Å². The first-order chi connectivity index (χ1) is 14.6. The van der Waals surface area contributed by atoms with E-state index >= 15 is 0 Å². The Morgan fingerprint density at radius 2 is 1.80 bits per heavy atom. The average molecular weight is 422 g/mol. The monoisotopic (exact) mass is 421 g/mol. The molecule has 0 spiro atoms. The fourth-order valence-corrected chi connectivity index (χ4v) is 4.75. The Morgan fingerprint density at radius 3 is 2.47 bits per heavy atom. The minimum absolute atomic E-state index is 0.130. The molecule has 0 aliphatic heterocycles. The van der Waals surface area contributed by atoms with E-state index in [0.29, 0.717) is 17.7 Å². The zero-order valence-corrected chi connectivity index (χ0v) is 17.3. The summed E-state index contributed by atoms with van der Waals surface area (Å²) in [6, 6.07) is 13.9. The number of carboxylic acids is 1. The van der Waals surface area contributed by atoms with E-state index in [1.807, 2.05) is 12.1 Å². The van der Waals surface area contributed by atoms with Crippen molar-refractivity contribution in [3.05, 3.63) is 71.5 Å². The molecule has 2 N–H and O–H groups in total. The van der Waals surface area contributed by atoms with E-state index in [1.165, 1.54) is 0 Å². The summed E-state index contributed by atoms with van der Waals surface area (Å²) < 4.78 is 3.93. The molecule has 2 heterocycles. The van der Waals surface area contributed by atoms with Crippen LogP contribution in [0, 0.1) is 5.41 Å². The average Bonchev–Trinajstić information content (AvgIpc) is 3.33. The summed E-state index contributed by atoms with van der Waals surface area (Å²) in [5.74, 6) is -0.950. The number of hydrogen-bond acceptors (Lipinski definition) is 5. The Kier molecular flexibility index (Phi) is 5.90. The lowest BCUT2D eigenvalue weighted by atomic mass is 9.67. The van der Waals surface area contributed by atoms with Crippen LogP contribution in [-0.4, -0.2) is 32.9 Å². The van der Waals surface area contributed by atoms with Gasteiger partial charge in [-0.15, -0.1) is 0 Å². The zero-order valence-electron chi connectivity index (χ0n) is 16.5. The number of nitrogens with one attached hydrogen (secondary N) is 1. The van der Waals surface area contributed by atoms with Crippen molar-refractivity contribution < 1.29 is 14.7 Å². The predicted octanol–water partition coefficient (Wildman–Crippen LogP) is 4.36. The molecule has 1 saturated carbocycles. The number of hydrogen-bond donors (Lipinski definition) is 2. The number of benzene rings is 1. The van der Waals surface area contributed by atoms with Crippen LogP contribution < -0.4 is 5.32 Å². The van der Waals surface area contributed by atoms with E-state index in [0.717, 1.165) is 41.1 Å². The Bertz CT molecular complexity index is 1010. The van der Waals surface area contributed by atoms with Gasteiger partial charge in [0, 0.05) is 25.1 Å². The highest BCUT2D eigenvalue weighted by Crippen LogP contribution is 2.44. The second-order valence-electron chi connectivity index (χ2n) is 7.80. The molecule has 30 heavy (non-hydrogen) atoms. The quantitative estimate of drug-likeness (QED) is 0.617. The molecule has 3 aromatic rings. The molecule has 2 unspecified atom stereocenters. The van der Waals surface area contributed by atoms with Crippen molar-refractivity contribution >= 4 is 23.4 Å². The van der Waals surface area contributed by atoms with Crippen molar-refractivity contribution in [2.24, 2.45) is 5.41 Å². The number of carbonyl (C=O) groups is 2. The summed E-state index contributed by atoms with van der Waals surface area (Å²) in [6.07, 6.45) is 7.96. The van der Waals surface area contributed by atoms with E-state index < -0.39 is 11.4 Å². The number of aliphatic carboxylic acids is 1. The topological polar surface area (TPSA) is 92.2 Å². The number of rotatable bonds is 6. The maximum atomic E-state index is 12.3. The number of nitrogens with zero attached hydrogens (tertiary/aromatic N) is 2. The number of amides is 1. The molecule has 0 saturated heterocycles. The van der Waals surface area contributed by atoms with Crippen molar-refractivity contribution in [1.29, 1.82) is 0 Å². The highest BCUT2D eigenvalue weighted by molar-refractivity contribution is 7.08. The van der Waals surface area contributed by atoms with Gasteiger partial charge in [-0.25, -0.2) is 4.37 Å². The van der Waals surface area contributed by atoms with Crippen LogP contribution in [0.5, 0.6) is 0 Å². The van der Waals surface area contributed by atoms with E-state index in [-0.39, 0.29) is 18.4 Å². The van der Waals surface area contributed by atoms with Crippen LogP contribution in [0.3, 0.4) is 0 Å². The van der Waals surface area contributed by atoms with Crippen molar-refractivity contribution in [2.45, 2.75) is 31.6 Å². The molecule has 1 aromatic carbocycles. The van der Waals surface area contributed by atoms with Crippen molar-refractivity contribution in [3.63, 3.8) is 0 Å². The summed E-state index contributed by atoms with van der Waals surface area (Å²) in [5, 5.41) is 12.8. The van der Waals surface area contributed by atoms with E-state index in [1.54, 1.807) is 24.7 Å². The molecule has 4 rings (SSSR count). The maximum Gasteiger partial charge on any atom is 0.311 e. The van der Waals surface area contributed by atoms with Gasteiger partial charge in [0.15, 0.2) is 0 Å². The standard InChI is InChI=1S/C23H23N3O3S/c27-21(20-9-13-26-30-20)25-15-23(22(28)29)10-1-2-19(14-23)17-5-3-16(4-6-17)18-7-11-24-12-8-18/h3-9,11-13,19H,1-2,10,14-15H2,(H,25,27)(H,28,29). The first kappa shape index (κ1) is 20.2. The summed E-state index contributed by atoms with van der Waals surface area (Å²) in [6.45, 7) is 0.130. The summed E-state index contributed by atoms with van der Waals surface area (Å²) in [5.41, 5.74) is 2.41. The molecule has 154 valence electrons. The molecule has 1 fully saturated rings. The van der Waals surface area contributed by atoms with Gasteiger partial charge in [0.05, 0.1) is 5.41 Å². The predicted molar refractivity (Wildman–Crippen MR) is 115 cm³/mol. The lowest BCUT2D eigenvalue weighted by molar-refractivity contribution is -0.151. The minimum atomic E-state index is -0.951. The van der Waals surface area contributed by atoms with E-state index in [4.69, 9.17) is 0 Å². The summed E-state index contributed by atoms with van der Waals surface area (Å²) in [4.78, 5) is 29.1. The second kappa shape index (κ2) is 8.75. The van der Waals surface area contributed by atoms with Crippen LogP contribution in [0.2, 0.25) is 0 Å². The van der Waals surface area contributed by atoms with Gasteiger partial charge < -0.3 is 10.4 Å². The van der Waals surface area contributed by atoms with Crippen LogP contribution in [-0.2, 0) is 4.79 Å². The van der Waals surface area contributed by atoms with Gasteiger partial charge in [-0.05, 0) is 71.6 Å². The summed E-state index contributed by atoms with van der Waals surface area (Å²) in [7, 11) is 0. The lowest BCUT2D eigenvalue weighted by Crippen LogP contribution is -2.45. The Labute approximate surface area is 179 Å². The molecular weight excluding hydrogens is 398 g/mol. The molecular formula is C23H23N3O3S. The van der Waals surface area contributed by atoms with Crippen LogP contribution in [0.15, 0.2) is 61.1 Å². The molecule has 1 aliphatic carbocycles. The lowest BCUT2D eigenvalue weighted by Gasteiger charge is -2.38. The number of pyridine rings is 1. The first-order valence-electron chi connectivity index (χ1n) is 10.00. The third-order valence-corrected chi connectivity index (χ3v) is 6.69. The smallest absolute Gasteiger partial charge is 0.311 e. The van der Waals surface area contributed by atoms with Gasteiger partial charge in [-0.3, -0.25) is 14.6 Å². The van der Waals surface area contributed by atoms with Gasteiger partial charge in [0.2, 0.25) is 0 Å². The van der Waals surface area contributed by atoms with Crippen LogP contribution in [0.4, 0.5) is 0 Å². The van der Waals surface area contributed by atoms with Gasteiger partial charge in [-0.2, -0.15) is 0 Å². The number of aromatic nitrogens is 2. The van der Waals surface area contributed by atoms with Gasteiger partial charge in [0.1, 0.15) is 4.88 Å². The van der Waals surface area contributed by atoms with E-state index in [2.05, 4.69) is 38.9 Å². The van der Waals surface area contributed by atoms with Gasteiger partial charge in [0.25, 0.3) is 5.91 Å². The molecule has 7 heteroatoms. The van der Waals surface area contributed by atoms with Gasteiger partial charge in [-0.1, -0.05) is 30.7 Å². The largest absolute Gasteiger partial charge is 0.481 e. The molecule has 6 nitrogen and oxygen atoms in total. The van der Waals surface area contributed by atoms with Crippen LogP contribution in [0.25, 0.3) is 11.1 Å². The fraction of sp³-hybridized carbons (Fsp3) is 0.304. The second-order valence-corrected chi connectivity index (χ2v) is 8.63. The Balaban J connectivity index is 1.48. The molecule has 2 aromatic heterocycles. The minimum Gasteiger partial charge on any atom is -0.481 e. The highest BCUT2D eigenvalue weighted by atomic mass is 32.1. The molecule has 0 radical (unpaired) electrons. The molecule has 1 aliphatic rings. The SMILES string of the molecule is O=C(NCC1(C(=O)O)CCCC(c2ccc(-c3ccncc3)cc2)C1)c1ccns1. The fourth-order valence-electron chi connectivity index (χ4n) is 4.24. The maximum absolute atomic E-state index is 12.3.